The van der Waals surface area contributed by atoms with E-state index in [1.54, 1.807) is 12.1 Å². The standard InChI is InChI=1S/C24H20F3N3O7/c1-34-20-10-15(11-21(35-2)22(20)36-3)23(31)29-28-13-14-6-4-5-7-18(14)37-19-9-8-16(24(25,26)27)12-17(19)30(32)33/h4-13H,1-3H3,(H,29,31). The second kappa shape index (κ2) is 11.3. The number of rotatable bonds is 9. The van der Waals surface area contributed by atoms with Gasteiger partial charge >= 0.3 is 11.9 Å². The molecule has 0 atom stereocenters. The lowest BCUT2D eigenvalue weighted by Crippen LogP contribution is -2.18. The van der Waals surface area contributed by atoms with Gasteiger partial charge in [-0.15, -0.1) is 0 Å². The number of carbonyl (C=O) groups excluding carboxylic acids is 1. The molecule has 3 aromatic rings. The van der Waals surface area contributed by atoms with E-state index in [0.29, 0.717) is 17.9 Å². The third-order valence-corrected chi connectivity index (χ3v) is 4.92. The second-order valence-electron chi connectivity index (χ2n) is 7.19. The number of nitrogens with one attached hydrogen (secondary N) is 1. The first kappa shape index (κ1) is 26.8. The van der Waals surface area contributed by atoms with Crippen molar-refractivity contribution in [2.75, 3.05) is 21.3 Å². The maximum atomic E-state index is 13.0. The van der Waals surface area contributed by atoms with Crippen molar-refractivity contribution >= 4 is 17.8 Å². The molecule has 194 valence electrons. The van der Waals surface area contributed by atoms with Gasteiger partial charge in [-0.25, -0.2) is 5.43 Å². The van der Waals surface area contributed by atoms with E-state index in [-0.39, 0.29) is 28.4 Å². The molecule has 0 saturated carbocycles. The van der Waals surface area contributed by atoms with Crippen LogP contribution in [0.15, 0.2) is 59.7 Å². The van der Waals surface area contributed by atoms with Crippen LogP contribution in [0.2, 0.25) is 0 Å². The summed E-state index contributed by atoms with van der Waals surface area (Å²) in [6.45, 7) is 0. The number of para-hydroxylation sites is 1. The summed E-state index contributed by atoms with van der Waals surface area (Å²) >= 11 is 0. The van der Waals surface area contributed by atoms with Gasteiger partial charge in [-0.05, 0) is 36.4 Å². The van der Waals surface area contributed by atoms with Gasteiger partial charge in [0.1, 0.15) is 5.75 Å². The number of carbonyl (C=O) groups is 1. The molecule has 0 saturated heterocycles. The number of nitro benzene ring substituents is 1. The fraction of sp³-hybridized carbons (Fsp3) is 0.167. The van der Waals surface area contributed by atoms with Gasteiger partial charge in [0.05, 0.1) is 38.0 Å². The van der Waals surface area contributed by atoms with Crippen LogP contribution in [0.3, 0.4) is 0 Å². The highest BCUT2D eigenvalue weighted by molar-refractivity contribution is 5.96. The molecule has 0 aliphatic heterocycles. The lowest BCUT2D eigenvalue weighted by molar-refractivity contribution is -0.385. The summed E-state index contributed by atoms with van der Waals surface area (Å²) in [4.78, 5) is 23.0. The largest absolute Gasteiger partial charge is 0.493 e. The van der Waals surface area contributed by atoms with Crippen LogP contribution in [0.5, 0.6) is 28.7 Å². The third-order valence-electron chi connectivity index (χ3n) is 4.92. The fourth-order valence-corrected chi connectivity index (χ4v) is 3.16. The summed E-state index contributed by atoms with van der Waals surface area (Å²) in [5.41, 5.74) is 0.703. The van der Waals surface area contributed by atoms with Gasteiger partial charge in [-0.2, -0.15) is 18.3 Å². The minimum Gasteiger partial charge on any atom is -0.493 e. The van der Waals surface area contributed by atoms with E-state index < -0.39 is 34.0 Å². The molecule has 1 N–H and O–H groups in total. The first-order valence-electron chi connectivity index (χ1n) is 10.3. The molecule has 13 heteroatoms. The average molecular weight is 519 g/mol. The van der Waals surface area contributed by atoms with E-state index in [1.165, 1.54) is 51.8 Å². The van der Waals surface area contributed by atoms with Crippen molar-refractivity contribution < 1.29 is 41.8 Å². The number of alkyl halides is 3. The number of ether oxygens (including phenoxy) is 4. The summed E-state index contributed by atoms with van der Waals surface area (Å²) in [6, 6.07) is 10.9. The van der Waals surface area contributed by atoms with Crippen LogP contribution in [0.25, 0.3) is 0 Å². The SMILES string of the molecule is COc1cc(C(=O)NN=Cc2ccccc2Oc2ccc(C(F)(F)F)cc2[N+](=O)[O-])cc(OC)c1OC. The van der Waals surface area contributed by atoms with Crippen LogP contribution >= 0.6 is 0 Å². The number of hydrogen-bond acceptors (Lipinski definition) is 8. The summed E-state index contributed by atoms with van der Waals surface area (Å²) in [7, 11) is 4.22. The normalized spacial score (nSPS) is 11.2. The number of hydrogen-bond donors (Lipinski definition) is 1. The zero-order valence-corrected chi connectivity index (χ0v) is 19.7. The highest BCUT2D eigenvalue weighted by atomic mass is 19.4. The van der Waals surface area contributed by atoms with E-state index in [2.05, 4.69) is 10.5 Å². The number of methoxy groups -OCH3 is 3. The Balaban J connectivity index is 1.83. The maximum Gasteiger partial charge on any atom is 0.416 e. The van der Waals surface area contributed by atoms with Gasteiger partial charge in [-0.1, -0.05) is 12.1 Å². The fourth-order valence-electron chi connectivity index (χ4n) is 3.16. The molecule has 0 fully saturated rings. The van der Waals surface area contributed by atoms with E-state index in [4.69, 9.17) is 18.9 Å². The van der Waals surface area contributed by atoms with Crippen LogP contribution in [0.4, 0.5) is 18.9 Å². The molecule has 0 aromatic heterocycles. The molecule has 3 aromatic carbocycles. The highest BCUT2D eigenvalue weighted by Crippen LogP contribution is 2.39. The molecule has 0 aliphatic rings. The monoisotopic (exact) mass is 519 g/mol. The molecular formula is C24H20F3N3O7. The summed E-state index contributed by atoms with van der Waals surface area (Å²) in [6.07, 6.45) is -3.55. The number of amides is 1. The van der Waals surface area contributed by atoms with Crippen LogP contribution in [-0.4, -0.2) is 38.4 Å². The van der Waals surface area contributed by atoms with Crippen LogP contribution < -0.4 is 24.4 Å². The van der Waals surface area contributed by atoms with Crippen molar-refractivity contribution in [2.45, 2.75) is 6.18 Å². The van der Waals surface area contributed by atoms with Crippen molar-refractivity contribution in [3.63, 3.8) is 0 Å². The van der Waals surface area contributed by atoms with Crippen molar-refractivity contribution in [3.05, 3.63) is 81.4 Å². The average Bonchev–Trinajstić information content (AvgIpc) is 2.88. The van der Waals surface area contributed by atoms with E-state index >= 15 is 0 Å². The Morgan fingerprint density at radius 1 is 0.946 bits per heavy atom. The maximum absolute atomic E-state index is 13.0. The Labute approximate surface area is 208 Å². The Hall–Kier alpha value is -4.81. The summed E-state index contributed by atoms with van der Waals surface area (Å²) in [5.74, 6) is -0.155. The van der Waals surface area contributed by atoms with E-state index in [9.17, 15) is 28.1 Å². The Kier molecular flexibility index (Phi) is 8.17. The van der Waals surface area contributed by atoms with Crippen LogP contribution in [-0.2, 0) is 6.18 Å². The van der Waals surface area contributed by atoms with Gasteiger partial charge < -0.3 is 18.9 Å². The van der Waals surface area contributed by atoms with Crippen molar-refractivity contribution in [3.8, 4) is 28.7 Å². The number of nitrogens with zero attached hydrogens (tertiary/aromatic N) is 2. The van der Waals surface area contributed by atoms with Gasteiger partial charge in [0.2, 0.25) is 11.5 Å². The molecule has 0 radical (unpaired) electrons. The third kappa shape index (κ3) is 6.25. The lowest BCUT2D eigenvalue weighted by atomic mass is 10.1. The Bertz CT molecular complexity index is 1320. The minimum absolute atomic E-state index is 0.0520. The number of hydrazone groups is 1. The van der Waals surface area contributed by atoms with Gasteiger partial charge in [0, 0.05) is 17.2 Å². The summed E-state index contributed by atoms with van der Waals surface area (Å²) < 4.78 is 60.1. The van der Waals surface area contributed by atoms with Gasteiger partial charge in [0.15, 0.2) is 11.5 Å². The molecule has 0 aliphatic carbocycles. The van der Waals surface area contributed by atoms with Crippen molar-refractivity contribution in [2.24, 2.45) is 5.10 Å². The topological polar surface area (TPSA) is 122 Å². The van der Waals surface area contributed by atoms with E-state index in [0.717, 1.165) is 6.07 Å². The minimum atomic E-state index is -4.76. The number of nitro groups is 1. The lowest BCUT2D eigenvalue weighted by Gasteiger charge is -2.13. The van der Waals surface area contributed by atoms with Gasteiger partial charge in [0.25, 0.3) is 5.91 Å². The Morgan fingerprint density at radius 3 is 2.16 bits per heavy atom. The molecule has 3 rings (SSSR count). The molecular weight excluding hydrogens is 499 g/mol. The molecule has 0 heterocycles. The first-order valence-corrected chi connectivity index (χ1v) is 10.3. The molecule has 1 amide bonds. The quantitative estimate of drug-likeness (QED) is 0.234. The molecule has 0 unspecified atom stereocenters. The molecule has 0 spiro atoms. The Morgan fingerprint density at radius 2 is 1.59 bits per heavy atom. The smallest absolute Gasteiger partial charge is 0.416 e. The van der Waals surface area contributed by atoms with Crippen molar-refractivity contribution in [1.82, 2.24) is 5.43 Å². The van der Waals surface area contributed by atoms with Crippen molar-refractivity contribution in [1.29, 1.82) is 0 Å². The zero-order valence-electron chi connectivity index (χ0n) is 19.7. The van der Waals surface area contributed by atoms with Crippen LogP contribution in [0, 0.1) is 10.1 Å². The zero-order chi connectivity index (χ0) is 27.2. The van der Waals surface area contributed by atoms with Gasteiger partial charge in [-0.3, -0.25) is 14.9 Å². The predicted molar refractivity (Wildman–Crippen MR) is 126 cm³/mol. The number of benzene rings is 3. The number of halogens is 3. The molecule has 0 bridgehead atoms. The molecule has 37 heavy (non-hydrogen) atoms. The predicted octanol–water partition coefficient (Wildman–Crippen LogP) is 5.20. The van der Waals surface area contributed by atoms with Crippen LogP contribution in [0.1, 0.15) is 21.5 Å². The first-order chi connectivity index (χ1) is 17.6. The van der Waals surface area contributed by atoms with E-state index in [1.807, 2.05) is 0 Å². The highest BCUT2D eigenvalue weighted by Gasteiger charge is 2.33. The summed E-state index contributed by atoms with van der Waals surface area (Å²) in [5, 5.41) is 15.2. The second-order valence-corrected chi connectivity index (χ2v) is 7.19. The molecule has 10 nitrogen and oxygen atoms in total.